The Kier molecular flexibility index (Phi) is 6.69. The summed E-state index contributed by atoms with van der Waals surface area (Å²) < 4.78 is 5.67. The molecule has 1 heterocycles. The van der Waals surface area contributed by atoms with E-state index in [9.17, 15) is 14.4 Å². The van der Waals surface area contributed by atoms with Crippen molar-refractivity contribution in [3.8, 4) is 0 Å². The third-order valence-corrected chi connectivity index (χ3v) is 5.41. The molecule has 7 nitrogen and oxygen atoms in total. The van der Waals surface area contributed by atoms with Crippen molar-refractivity contribution in [1.82, 2.24) is 10.2 Å². The van der Waals surface area contributed by atoms with E-state index in [0.717, 1.165) is 5.56 Å². The van der Waals surface area contributed by atoms with Gasteiger partial charge in [-0.2, -0.15) is 0 Å². The summed E-state index contributed by atoms with van der Waals surface area (Å²) in [6.07, 6.45) is -1.36. The molecule has 33 heavy (non-hydrogen) atoms. The lowest BCUT2D eigenvalue weighted by Crippen LogP contribution is -2.46. The molecule has 0 bridgehead atoms. The smallest absolute Gasteiger partial charge is 0.411 e. The zero-order valence-corrected chi connectivity index (χ0v) is 18.2. The molecule has 0 unspecified atom stereocenters. The fourth-order valence-corrected chi connectivity index (χ4v) is 3.86. The van der Waals surface area contributed by atoms with Crippen LogP contribution in [0, 0.1) is 0 Å². The number of cyclic esters (lactones) is 1. The number of anilines is 1. The number of benzene rings is 3. The van der Waals surface area contributed by atoms with Gasteiger partial charge in [-0.3, -0.25) is 14.5 Å². The van der Waals surface area contributed by atoms with Crippen molar-refractivity contribution in [3.63, 3.8) is 0 Å². The van der Waals surface area contributed by atoms with Crippen molar-refractivity contribution < 1.29 is 19.1 Å². The number of carbonyl (C=O) groups is 3. The van der Waals surface area contributed by atoms with Gasteiger partial charge in [-0.1, -0.05) is 60.7 Å². The molecule has 3 aromatic rings. The predicted molar refractivity (Wildman–Crippen MR) is 125 cm³/mol. The van der Waals surface area contributed by atoms with E-state index in [1.165, 1.54) is 4.90 Å². The molecule has 1 saturated heterocycles. The summed E-state index contributed by atoms with van der Waals surface area (Å²) in [5, 5.41) is 5.67. The standard InChI is InChI=1S/C26H25N3O4/c1-2-27-25(31)22-23(33-26(32)29(22)17-18-10-5-3-6-11-18)20-14-9-15-21(16-20)28-24(30)19-12-7-4-8-13-19/h3-16,22-23H,2,17H2,1H3,(H,27,31)(H,28,30)/t22-,23+/m1/s1. The summed E-state index contributed by atoms with van der Waals surface area (Å²) in [5.41, 5.74) is 2.60. The monoisotopic (exact) mass is 443 g/mol. The van der Waals surface area contributed by atoms with Gasteiger partial charge in [0.1, 0.15) is 0 Å². The molecule has 0 spiro atoms. The van der Waals surface area contributed by atoms with E-state index < -0.39 is 18.2 Å². The first-order valence-electron chi connectivity index (χ1n) is 10.8. The molecular weight excluding hydrogens is 418 g/mol. The number of amides is 3. The third kappa shape index (κ3) is 5.03. The van der Waals surface area contributed by atoms with Crippen molar-refractivity contribution in [2.75, 3.05) is 11.9 Å². The molecule has 1 aliphatic heterocycles. The van der Waals surface area contributed by atoms with E-state index in [-0.39, 0.29) is 18.4 Å². The quantitative estimate of drug-likeness (QED) is 0.575. The maximum absolute atomic E-state index is 13.0. The lowest BCUT2D eigenvalue weighted by molar-refractivity contribution is -0.126. The Morgan fingerprint density at radius 1 is 0.939 bits per heavy atom. The van der Waals surface area contributed by atoms with E-state index >= 15 is 0 Å². The first-order valence-corrected chi connectivity index (χ1v) is 10.8. The average molecular weight is 444 g/mol. The van der Waals surface area contributed by atoms with Crippen LogP contribution in [0.4, 0.5) is 10.5 Å². The van der Waals surface area contributed by atoms with Crippen LogP contribution in [0.5, 0.6) is 0 Å². The average Bonchev–Trinajstić information content (AvgIpc) is 3.16. The Morgan fingerprint density at radius 2 is 1.64 bits per heavy atom. The minimum absolute atomic E-state index is 0.248. The third-order valence-electron chi connectivity index (χ3n) is 5.41. The molecular formula is C26H25N3O4. The molecule has 1 fully saturated rings. The largest absolute Gasteiger partial charge is 0.438 e. The van der Waals surface area contributed by atoms with E-state index in [1.807, 2.05) is 43.3 Å². The van der Waals surface area contributed by atoms with Crippen molar-refractivity contribution in [1.29, 1.82) is 0 Å². The van der Waals surface area contributed by atoms with Crippen molar-refractivity contribution in [2.45, 2.75) is 25.6 Å². The van der Waals surface area contributed by atoms with Crippen LogP contribution in [-0.4, -0.2) is 35.4 Å². The molecule has 0 saturated carbocycles. The summed E-state index contributed by atoms with van der Waals surface area (Å²) in [6.45, 7) is 2.51. The molecule has 4 rings (SSSR count). The van der Waals surface area contributed by atoms with Gasteiger partial charge in [0.05, 0.1) is 6.54 Å². The topological polar surface area (TPSA) is 87.7 Å². The highest BCUT2D eigenvalue weighted by Crippen LogP contribution is 2.35. The molecule has 3 amide bonds. The van der Waals surface area contributed by atoms with Crippen LogP contribution >= 0.6 is 0 Å². The Hall–Kier alpha value is -4.13. The first kappa shape index (κ1) is 22.1. The Balaban J connectivity index is 1.59. The van der Waals surface area contributed by atoms with Gasteiger partial charge in [-0.25, -0.2) is 4.79 Å². The second kappa shape index (κ2) is 9.99. The molecule has 0 aliphatic carbocycles. The zero-order chi connectivity index (χ0) is 23.2. The van der Waals surface area contributed by atoms with Crippen LogP contribution in [0.2, 0.25) is 0 Å². The van der Waals surface area contributed by atoms with Crippen LogP contribution in [0.1, 0.15) is 34.5 Å². The van der Waals surface area contributed by atoms with Crippen LogP contribution in [0.15, 0.2) is 84.9 Å². The van der Waals surface area contributed by atoms with Gasteiger partial charge in [0.15, 0.2) is 12.1 Å². The number of nitrogens with zero attached hydrogens (tertiary/aromatic N) is 1. The van der Waals surface area contributed by atoms with Gasteiger partial charge < -0.3 is 15.4 Å². The summed E-state index contributed by atoms with van der Waals surface area (Å²) in [7, 11) is 0. The van der Waals surface area contributed by atoms with Gasteiger partial charge >= 0.3 is 6.09 Å². The van der Waals surface area contributed by atoms with E-state index in [4.69, 9.17) is 4.74 Å². The molecule has 2 N–H and O–H groups in total. The number of hydrogen-bond donors (Lipinski definition) is 2. The zero-order valence-electron chi connectivity index (χ0n) is 18.2. The van der Waals surface area contributed by atoms with Gasteiger partial charge in [0, 0.05) is 17.8 Å². The van der Waals surface area contributed by atoms with Crippen LogP contribution in [-0.2, 0) is 16.1 Å². The van der Waals surface area contributed by atoms with Gasteiger partial charge in [0.2, 0.25) is 5.91 Å². The maximum Gasteiger partial charge on any atom is 0.411 e. The van der Waals surface area contributed by atoms with E-state index in [0.29, 0.717) is 23.4 Å². The van der Waals surface area contributed by atoms with Crippen molar-refractivity contribution in [2.24, 2.45) is 0 Å². The molecule has 7 heteroatoms. The van der Waals surface area contributed by atoms with Crippen molar-refractivity contribution >= 4 is 23.6 Å². The van der Waals surface area contributed by atoms with E-state index in [1.54, 1.807) is 48.5 Å². The van der Waals surface area contributed by atoms with Gasteiger partial charge in [-0.15, -0.1) is 0 Å². The van der Waals surface area contributed by atoms with Gasteiger partial charge in [-0.05, 0) is 42.3 Å². The second-order valence-corrected chi connectivity index (χ2v) is 7.70. The molecule has 168 valence electrons. The molecule has 1 aliphatic rings. The fraction of sp³-hybridized carbons (Fsp3) is 0.192. The number of ether oxygens (including phenoxy) is 1. The van der Waals surface area contributed by atoms with Crippen LogP contribution in [0.3, 0.4) is 0 Å². The number of hydrogen-bond acceptors (Lipinski definition) is 4. The van der Waals surface area contributed by atoms with E-state index in [2.05, 4.69) is 10.6 Å². The maximum atomic E-state index is 13.0. The molecule has 2 atom stereocenters. The van der Waals surface area contributed by atoms with Gasteiger partial charge in [0.25, 0.3) is 5.91 Å². The minimum atomic E-state index is -0.835. The summed E-state index contributed by atoms with van der Waals surface area (Å²) in [5.74, 6) is -0.537. The Bertz CT molecular complexity index is 1130. The second-order valence-electron chi connectivity index (χ2n) is 7.70. The predicted octanol–water partition coefficient (Wildman–Crippen LogP) is 4.14. The normalized spacial score (nSPS) is 17.4. The molecule has 0 radical (unpaired) electrons. The highest BCUT2D eigenvalue weighted by molar-refractivity contribution is 6.04. The number of carbonyl (C=O) groups excluding carboxylic acids is 3. The number of nitrogens with one attached hydrogen (secondary N) is 2. The van der Waals surface area contributed by atoms with Crippen molar-refractivity contribution in [3.05, 3.63) is 102 Å². The molecule has 0 aromatic heterocycles. The Labute approximate surface area is 192 Å². The Morgan fingerprint density at radius 3 is 2.33 bits per heavy atom. The first-order chi connectivity index (χ1) is 16.1. The lowest BCUT2D eigenvalue weighted by Gasteiger charge is -2.24. The molecule has 3 aromatic carbocycles. The summed E-state index contributed by atoms with van der Waals surface area (Å²) in [6, 6.07) is 24.5. The van der Waals surface area contributed by atoms with Crippen LogP contribution in [0.25, 0.3) is 0 Å². The SMILES string of the molecule is CCNC(=O)[C@H]1[C@H](c2cccc(NC(=O)c3ccccc3)c2)OC(=O)N1Cc1ccccc1. The highest BCUT2D eigenvalue weighted by Gasteiger charge is 2.46. The summed E-state index contributed by atoms with van der Waals surface area (Å²) >= 11 is 0. The number of rotatable bonds is 7. The minimum Gasteiger partial charge on any atom is -0.438 e. The fourth-order valence-electron chi connectivity index (χ4n) is 3.86. The lowest BCUT2D eigenvalue weighted by atomic mass is 10.00. The van der Waals surface area contributed by atoms with Crippen LogP contribution < -0.4 is 10.6 Å². The highest BCUT2D eigenvalue weighted by atomic mass is 16.6. The number of likely N-dealkylation sites (N-methyl/N-ethyl adjacent to an activating group) is 1. The summed E-state index contributed by atoms with van der Waals surface area (Å²) in [4.78, 5) is 39.7.